The van der Waals surface area contributed by atoms with Gasteiger partial charge in [0.1, 0.15) is 0 Å². The summed E-state index contributed by atoms with van der Waals surface area (Å²) in [5.41, 5.74) is 0. The Morgan fingerprint density at radius 3 is 2.36 bits per heavy atom. The summed E-state index contributed by atoms with van der Waals surface area (Å²) >= 11 is 0. The number of hydrogen-bond donors (Lipinski definition) is 4. The maximum Gasteiger partial charge on any atom is 0.0884 e. The highest BCUT2D eigenvalue weighted by atomic mass is 16.3. The van der Waals surface area contributed by atoms with E-state index in [4.69, 9.17) is 0 Å². The van der Waals surface area contributed by atoms with Gasteiger partial charge in [0.15, 0.2) is 0 Å². The number of allylic oxidation sites excluding steroid dienone is 1. The average molecular weight is 202 g/mol. The third kappa shape index (κ3) is 3.65. The summed E-state index contributed by atoms with van der Waals surface area (Å²) in [4.78, 5) is 0. The van der Waals surface area contributed by atoms with Gasteiger partial charge in [0.05, 0.1) is 24.1 Å². The Labute approximate surface area is 83.5 Å². The topological polar surface area (TPSA) is 80.9 Å². The maximum absolute atomic E-state index is 9.44. The SMILES string of the molecule is O/C1=C/CC(O)CCC(O)C(O)CC1. The van der Waals surface area contributed by atoms with Crippen molar-refractivity contribution in [3.63, 3.8) is 0 Å². The molecular formula is C10H18O4. The lowest BCUT2D eigenvalue weighted by Gasteiger charge is -2.20. The van der Waals surface area contributed by atoms with Crippen LogP contribution < -0.4 is 0 Å². The van der Waals surface area contributed by atoms with Crippen molar-refractivity contribution < 1.29 is 20.4 Å². The van der Waals surface area contributed by atoms with Gasteiger partial charge in [-0.15, -0.1) is 0 Å². The minimum Gasteiger partial charge on any atom is -0.513 e. The number of rotatable bonds is 0. The molecule has 1 rings (SSSR count). The molecule has 1 aliphatic rings. The Bertz CT molecular complexity index is 202. The fourth-order valence-corrected chi connectivity index (χ4v) is 1.54. The summed E-state index contributed by atoms with van der Waals surface area (Å²) < 4.78 is 0. The molecule has 3 atom stereocenters. The molecule has 3 unspecified atom stereocenters. The summed E-state index contributed by atoms with van der Waals surface area (Å²) in [7, 11) is 0. The smallest absolute Gasteiger partial charge is 0.0884 e. The molecule has 0 radical (unpaired) electrons. The Kier molecular flexibility index (Phi) is 4.38. The first-order valence-corrected chi connectivity index (χ1v) is 5.02. The summed E-state index contributed by atoms with van der Waals surface area (Å²) in [5.74, 6) is 0.178. The fourth-order valence-electron chi connectivity index (χ4n) is 1.54. The molecular weight excluding hydrogens is 184 g/mol. The van der Waals surface area contributed by atoms with E-state index in [-0.39, 0.29) is 5.76 Å². The highest BCUT2D eigenvalue weighted by Crippen LogP contribution is 2.16. The van der Waals surface area contributed by atoms with E-state index < -0.39 is 18.3 Å². The van der Waals surface area contributed by atoms with Crippen molar-refractivity contribution in [1.82, 2.24) is 0 Å². The molecule has 0 aromatic rings. The zero-order chi connectivity index (χ0) is 10.6. The van der Waals surface area contributed by atoms with Crippen LogP contribution in [0.15, 0.2) is 11.8 Å². The molecule has 0 bridgehead atoms. The van der Waals surface area contributed by atoms with Gasteiger partial charge in [-0.3, -0.25) is 0 Å². The van der Waals surface area contributed by atoms with Gasteiger partial charge < -0.3 is 20.4 Å². The number of hydrogen-bond acceptors (Lipinski definition) is 4. The minimum absolute atomic E-state index is 0.178. The molecule has 0 saturated heterocycles. The van der Waals surface area contributed by atoms with Gasteiger partial charge in [-0.25, -0.2) is 0 Å². The molecule has 0 aliphatic heterocycles. The normalized spacial score (nSPS) is 39.9. The fraction of sp³-hybridized carbons (Fsp3) is 0.800. The van der Waals surface area contributed by atoms with Crippen LogP contribution in [0.2, 0.25) is 0 Å². The van der Waals surface area contributed by atoms with Crippen LogP contribution in [0.4, 0.5) is 0 Å². The molecule has 0 amide bonds. The van der Waals surface area contributed by atoms with Crippen molar-refractivity contribution in [3.8, 4) is 0 Å². The third-order valence-electron chi connectivity index (χ3n) is 2.56. The van der Waals surface area contributed by atoms with Crippen molar-refractivity contribution in [2.24, 2.45) is 0 Å². The lowest BCUT2D eigenvalue weighted by molar-refractivity contribution is -0.000458. The first kappa shape index (κ1) is 11.5. The molecule has 14 heavy (non-hydrogen) atoms. The van der Waals surface area contributed by atoms with Crippen molar-refractivity contribution in [1.29, 1.82) is 0 Å². The highest BCUT2D eigenvalue weighted by Gasteiger charge is 2.19. The van der Waals surface area contributed by atoms with Crippen molar-refractivity contribution >= 4 is 0 Å². The number of aliphatic hydroxyl groups is 4. The minimum atomic E-state index is -0.809. The highest BCUT2D eigenvalue weighted by molar-refractivity contribution is 4.94. The third-order valence-corrected chi connectivity index (χ3v) is 2.56. The van der Waals surface area contributed by atoms with Crippen molar-refractivity contribution in [2.75, 3.05) is 0 Å². The van der Waals surface area contributed by atoms with Crippen LogP contribution in [0, 0.1) is 0 Å². The summed E-state index contributed by atoms with van der Waals surface area (Å²) in [6.45, 7) is 0. The molecule has 82 valence electrons. The van der Waals surface area contributed by atoms with Gasteiger partial charge in [0.25, 0.3) is 0 Å². The summed E-state index contributed by atoms with van der Waals surface area (Å²) in [6, 6.07) is 0. The second-order valence-corrected chi connectivity index (χ2v) is 3.84. The predicted octanol–water partition coefficient (Wildman–Crippen LogP) is 0.475. The summed E-state index contributed by atoms with van der Waals surface area (Å²) in [5, 5.41) is 37.6. The molecule has 0 fully saturated rings. The van der Waals surface area contributed by atoms with E-state index in [1.54, 1.807) is 6.08 Å². The van der Waals surface area contributed by atoms with Crippen LogP contribution in [-0.4, -0.2) is 38.7 Å². The zero-order valence-corrected chi connectivity index (χ0v) is 8.13. The largest absolute Gasteiger partial charge is 0.513 e. The average Bonchev–Trinajstić information content (AvgIpc) is 2.18. The standard InChI is InChI=1S/C10H18O4/c11-7-1-2-8(12)4-6-10(14)9(13)5-3-7/h1,8-14H,2-6H2/b7-1+. The molecule has 1 aliphatic carbocycles. The van der Waals surface area contributed by atoms with E-state index in [1.165, 1.54) is 0 Å². The lowest BCUT2D eigenvalue weighted by Crippen LogP contribution is -2.27. The Morgan fingerprint density at radius 1 is 1.00 bits per heavy atom. The first-order chi connectivity index (χ1) is 6.59. The van der Waals surface area contributed by atoms with Crippen molar-refractivity contribution in [2.45, 2.75) is 50.4 Å². The number of aliphatic hydroxyl groups excluding tert-OH is 4. The van der Waals surface area contributed by atoms with Crippen LogP contribution >= 0.6 is 0 Å². The molecule has 4 heteroatoms. The lowest BCUT2D eigenvalue weighted by atomic mass is 9.98. The van der Waals surface area contributed by atoms with E-state index in [0.29, 0.717) is 32.1 Å². The quantitative estimate of drug-likeness (QED) is 0.460. The Morgan fingerprint density at radius 2 is 1.64 bits per heavy atom. The molecule has 4 N–H and O–H groups in total. The van der Waals surface area contributed by atoms with Gasteiger partial charge in [0, 0.05) is 6.42 Å². The summed E-state index contributed by atoms with van der Waals surface area (Å²) in [6.07, 6.45) is 1.40. The molecule has 0 aromatic heterocycles. The van der Waals surface area contributed by atoms with Crippen LogP contribution in [0.25, 0.3) is 0 Å². The Balaban J connectivity index is 2.56. The van der Waals surface area contributed by atoms with E-state index in [2.05, 4.69) is 0 Å². The van der Waals surface area contributed by atoms with Crippen molar-refractivity contribution in [3.05, 3.63) is 11.8 Å². The molecule has 0 aromatic carbocycles. The molecule has 0 saturated carbocycles. The maximum atomic E-state index is 9.44. The van der Waals surface area contributed by atoms with E-state index in [9.17, 15) is 20.4 Å². The van der Waals surface area contributed by atoms with Gasteiger partial charge in [-0.05, 0) is 31.8 Å². The molecule has 0 spiro atoms. The second-order valence-electron chi connectivity index (χ2n) is 3.84. The monoisotopic (exact) mass is 202 g/mol. The van der Waals surface area contributed by atoms with Crippen LogP contribution in [-0.2, 0) is 0 Å². The molecule has 4 nitrogen and oxygen atoms in total. The first-order valence-electron chi connectivity index (χ1n) is 5.02. The second kappa shape index (κ2) is 5.34. The van der Waals surface area contributed by atoms with E-state index in [0.717, 1.165) is 0 Å². The van der Waals surface area contributed by atoms with Crippen LogP contribution in [0.1, 0.15) is 32.1 Å². The van der Waals surface area contributed by atoms with Gasteiger partial charge in [0.2, 0.25) is 0 Å². The Hall–Kier alpha value is -0.580. The van der Waals surface area contributed by atoms with E-state index in [1.807, 2.05) is 0 Å². The van der Waals surface area contributed by atoms with E-state index >= 15 is 0 Å². The van der Waals surface area contributed by atoms with Crippen LogP contribution in [0.3, 0.4) is 0 Å². The molecule has 0 heterocycles. The zero-order valence-electron chi connectivity index (χ0n) is 8.13. The van der Waals surface area contributed by atoms with Gasteiger partial charge >= 0.3 is 0 Å². The predicted molar refractivity (Wildman–Crippen MR) is 51.8 cm³/mol. The van der Waals surface area contributed by atoms with Crippen LogP contribution in [0.5, 0.6) is 0 Å². The van der Waals surface area contributed by atoms with Gasteiger partial charge in [-0.2, -0.15) is 0 Å². The van der Waals surface area contributed by atoms with Gasteiger partial charge in [-0.1, -0.05) is 0 Å².